The quantitative estimate of drug-likeness (QED) is 0.0166. The predicted molar refractivity (Wildman–Crippen MR) is 424 cm³/mol. The first-order valence-electron chi connectivity index (χ1n) is 40.5. The maximum Gasteiger partial charge on any atom is 0.472 e. The zero-order valence-corrected chi connectivity index (χ0v) is 72.1. The van der Waals surface area contributed by atoms with Crippen molar-refractivity contribution in [1.82, 2.24) is 77.6 Å². The van der Waals surface area contributed by atoms with Gasteiger partial charge in [0.05, 0.1) is 175 Å². The lowest BCUT2D eigenvalue weighted by Crippen LogP contribution is -2.64. The van der Waals surface area contributed by atoms with Gasteiger partial charge in [-0.2, -0.15) is 0 Å². The van der Waals surface area contributed by atoms with Gasteiger partial charge in [0.15, 0.2) is 30.3 Å². The number of hydrogen-bond acceptors (Lipinski definition) is 40. The fourth-order valence-corrected chi connectivity index (χ4v) is 15.1. The SMILES string of the molecule is CC(=O)NC1[C@H](OCCC(=O)NCNC(=O)CCOCC(COCCC(=O)NCNC(=O)CCO[C@@H]2OC(CO)[C@H](O)[C@H](O)C2NC(C)=O)(COCCC(=O)NCNC(=O)CCO[C@@H]2OC(CO)[C@H](O)[C@H](O)C2NC(C)=O)NC(=O)CCC(=O)N2C[C@H](O)C[C@H]2COP(=O)(O)O[C@H]2C[C@H](n3cnc4c(N)ncnc43)O[C@@H]2COP(=O)(O)C(C)C)OC(CO)[C@H](O)[C@@H]1O. The summed E-state index contributed by atoms with van der Waals surface area (Å²) < 4.78 is 102. The number of aliphatic hydroxyl groups is 10. The van der Waals surface area contributed by atoms with E-state index in [0.717, 1.165) is 25.7 Å². The molecule has 54 nitrogen and oxygen atoms in total. The molecule has 7 rings (SSSR count). The third kappa shape index (κ3) is 33.4. The average molecular weight is 1870 g/mol. The molecule has 8 unspecified atom stereocenters. The van der Waals surface area contributed by atoms with E-state index in [1.165, 1.54) is 31.1 Å². The van der Waals surface area contributed by atoms with Crippen LogP contribution in [-0.4, -0.2) is 397 Å². The topological polar surface area (TPSA) is 778 Å². The molecule has 5 aliphatic heterocycles. The molecular weight excluding hydrogens is 1750 g/mol. The lowest BCUT2D eigenvalue weighted by atomic mass is 9.97. The number of aliphatic hydroxyl groups excluding tert-OH is 10. The molecule has 5 saturated heterocycles. The Morgan fingerprint density at radius 2 is 0.913 bits per heavy atom. The Balaban J connectivity index is 1.01. The number of nitrogen functional groups attached to an aromatic ring is 1. The number of hydrogen-bond donors (Lipinski definition) is 23. The van der Waals surface area contributed by atoms with Crippen molar-refractivity contribution >= 4 is 97.4 Å². The van der Waals surface area contributed by atoms with Crippen molar-refractivity contribution in [1.29, 1.82) is 0 Å². The van der Waals surface area contributed by atoms with Gasteiger partial charge >= 0.3 is 15.4 Å². The Morgan fingerprint density at radius 1 is 0.512 bits per heavy atom. The van der Waals surface area contributed by atoms with E-state index in [1.807, 2.05) is 0 Å². The number of β-amino-alcohol motifs (C(OH)–C–C–N with tert-alkyl or cyclic N) is 1. The molecule has 0 aliphatic carbocycles. The van der Waals surface area contributed by atoms with Crippen molar-refractivity contribution in [3.05, 3.63) is 12.7 Å². The number of carbonyl (C=O) groups is 11. The van der Waals surface area contributed by atoms with Gasteiger partial charge < -0.3 is 177 Å². The lowest BCUT2D eigenvalue weighted by molar-refractivity contribution is -0.270. The summed E-state index contributed by atoms with van der Waals surface area (Å²) >= 11 is 0. The second kappa shape index (κ2) is 51.5. The van der Waals surface area contributed by atoms with E-state index in [0.29, 0.717) is 0 Å². The molecule has 56 heteroatoms. The summed E-state index contributed by atoms with van der Waals surface area (Å²) in [6.07, 6.45) is -24.4. The van der Waals surface area contributed by atoms with Crippen LogP contribution in [0.15, 0.2) is 12.7 Å². The summed E-state index contributed by atoms with van der Waals surface area (Å²) in [5, 5.41) is 127. The van der Waals surface area contributed by atoms with Crippen LogP contribution in [0.5, 0.6) is 0 Å². The minimum absolute atomic E-state index is 0.0288. The Hall–Kier alpha value is -8.02. The smallest absolute Gasteiger partial charge is 0.394 e. The molecule has 0 aromatic carbocycles. The molecule has 0 bridgehead atoms. The van der Waals surface area contributed by atoms with Crippen LogP contribution in [0, 0.1) is 0 Å². The van der Waals surface area contributed by atoms with E-state index < -0.39 is 339 Å². The van der Waals surface area contributed by atoms with Crippen molar-refractivity contribution in [2.24, 2.45) is 0 Å². The van der Waals surface area contributed by atoms with E-state index in [-0.39, 0.29) is 75.5 Å². The second-order valence-corrected chi connectivity index (χ2v) is 34.3. The maximum atomic E-state index is 14.4. The molecule has 7 heterocycles. The molecule has 5 aliphatic rings. The van der Waals surface area contributed by atoms with Gasteiger partial charge in [0.25, 0.3) is 0 Å². The third-order valence-corrected chi connectivity index (χ3v) is 23.0. The Labute approximate surface area is 726 Å². The summed E-state index contributed by atoms with van der Waals surface area (Å²) in [6, 6.07) is -5.02. The highest BCUT2D eigenvalue weighted by Crippen LogP contribution is 2.52. The van der Waals surface area contributed by atoms with E-state index in [4.69, 9.17) is 66.7 Å². The number of nitrogens with two attached hydrogens (primary N) is 1. The van der Waals surface area contributed by atoms with Gasteiger partial charge in [0, 0.05) is 46.6 Å². The number of phosphoric ester groups is 1. The highest BCUT2D eigenvalue weighted by Gasteiger charge is 2.50. The van der Waals surface area contributed by atoms with Crippen molar-refractivity contribution in [3.63, 3.8) is 0 Å². The summed E-state index contributed by atoms with van der Waals surface area (Å²) in [6.45, 7) is -3.29. The predicted octanol–water partition coefficient (Wildman–Crippen LogP) is -10.8. The standard InChI is InChI=1S/C71H118N16O38P2/c1-36(2)126(109,110)119-27-46-42(21-55(121-46)87-35-81-59-66(72)79-34-80-67(59)87)125-127(111,112)120-26-40-20-41(94)22-86(40)54(102)7-6-53(101)85-71(28-113-14-8-47(95)73-31-76-50(98)11-17-116-68-56(82-37(3)91)63(106)60(103)43(23-88)122-68,29-114-15-9-48(96)74-32-77-51(99)12-18-117-69-57(83-38(4)92)64(107)61(104)44(24-89)123-69)30-115-16-10-49(97)75-33-78-52(100)13-19-118-70-58(84-39(5)93)65(108)62(105)45(25-90)124-70/h34-36,40-46,55-58,60-65,68-70,88-90,94,103-108H,6-33H2,1-5H3,(H,73,95)(H,74,96)(H,75,97)(H,76,98)(H,77,99)(H,78,100)(H,82,91)(H,83,92)(H,84,93)(H,85,101)(H,109,110)(H,111,112)(H2,72,79,80)/t40-,41+,42-,43?,44?,45?,46+,55+,56?,57?,58?,60-,61-,62-,63+,64+,65+,68+,69+,70+,71?/m0/s1. The van der Waals surface area contributed by atoms with Crippen LogP contribution in [-0.2, 0) is 123 Å². The summed E-state index contributed by atoms with van der Waals surface area (Å²) in [5.41, 5.74) is 3.64. The minimum atomic E-state index is -5.20. The number of carbonyl (C=O) groups excluding carboxylic acids is 11. The van der Waals surface area contributed by atoms with Crippen LogP contribution in [0.25, 0.3) is 11.2 Å². The first-order valence-corrected chi connectivity index (χ1v) is 43.7. The molecule has 127 heavy (non-hydrogen) atoms. The second-order valence-electron chi connectivity index (χ2n) is 30.4. The number of fused-ring (bicyclic) bond motifs is 1. The van der Waals surface area contributed by atoms with Crippen LogP contribution < -0.4 is 58.9 Å². The number of aromatic nitrogens is 4. The van der Waals surface area contributed by atoms with Gasteiger partial charge in [0.2, 0.25) is 65.0 Å². The van der Waals surface area contributed by atoms with Crippen LogP contribution >= 0.6 is 15.4 Å². The third-order valence-electron chi connectivity index (χ3n) is 20.2. The van der Waals surface area contributed by atoms with Crippen LogP contribution in [0.4, 0.5) is 5.82 Å². The average Bonchev–Trinajstić information content (AvgIpc) is 1.67. The van der Waals surface area contributed by atoms with Gasteiger partial charge in [-0.05, 0) is 6.42 Å². The van der Waals surface area contributed by atoms with Crippen molar-refractivity contribution in [2.45, 2.75) is 233 Å². The van der Waals surface area contributed by atoms with Crippen molar-refractivity contribution in [2.75, 3.05) is 125 Å². The normalized spacial score (nSPS) is 28.0. The van der Waals surface area contributed by atoms with Crippen molar-refractivity contribution < 1.29 is 184 Å². The van der Waals surface area contributed by atoms with E-state index in [9.17, 15) is 123 Å². The number of ether oxygens (including phenoxy) is 10. The molecule has 0 saturated carbocycles. The van der Waals surface area contributed by atoms with Gasteiger partial charge in [-0.15, -0.1) is 0 Å². The molecule has 2 aromatic rings. The van der Waals surface area contributed by atoms with E-state index >= 15 is 0 Å². The molecule has 0 radical (unpaired) electrons. The zero-order valence-electron chi connectivity index (χ0n) is 70.3. The number of rotatable bonds is 53. The first kappa shape index (κ1) is 106. The molecule has 22 atom stereocenters. The molecule has 11 amide bonds. The lowest BCUT2D eigenvalue weighted by Gasteiger charge is -2.42. The molecule has 2 aromatic heterocycles. The van der Waals surface area contributed by atoms with E-state index in [1.54, 1.807) is 0 Å². The number of likely N-dealkylation sites (tertiary alicyclic amines) is 1. The molecular formula is C71H118N16O38P2. The van der Waals surface area contributed by atoms with Crippen LogP contribution in [0.3, 0.4) is 0 Å². The Morgan fingerprint density at radius 3 is 1.30 bits per heavy atom. The number of amides is 11. The van der Waals surface area contributed by atoms with Crippen LogP contribution in [0.1, 0.15) is 105 Å². The minimum Gasteiger partial charge on any atom is -0.394 e. The number of nitrogens with zero attached hydrogens (tertiary/aromatic N) is 5. The van der Waals surface area contributed by atoms with Gasteiger partial charge in [0.1, 0.15) is 109 Å². The van der Waals surface area contributed by atoms with Gasteiger partial charge in [-0.1, -0.05) is 13.8 Å². The van der Waals surface area contributed by atoms with Crippen molar-refractivity contribution in [3.8, 4) is 0 Å². The van der Waals surface area contributed by atoms with Gasteiger partial charge in [-0.25, -0.2) is 19.5 Å². The Kier molecular flexibility index (Phi) is 43.0. The molecule has 720 valence electrons. The molecule has 5 fully saturated rings. The van der Waals surface area contributed by atoms with E-state index in [2.05, 4.69) is 68.1 Å². The summed E-state index contributed by atoms with van der Waals surface area (Å²) in [7, 11) is -9.45. The number of phosphoric acid groups is 1. The fraction of sp³-hybridized carbons (Fsp3) is 0.775. The highest BCUT2D eigenvalue weighted by molar-refractivity contribution is 7.53. The summed E-state index contributed by atoms with van der Waals surface area (Å²) in [4.78, 5) is 178. The number of anilines is 1. The number of nitrogens with one attached hydrogen (secondary N) is 10. The molecule has 0 spiro atoms. The van der Waals surface area contributed by atoms with Crippen LogP contribution in [0.2, 0.25) is 0 Å². The molecule has 24 N–H and O–H groups in total. The largest absolute Gasteiger partial charge is 0.472 e. The monoisotopic (exact) mass is 1860 g/mol. The Bertz CT molecular complexity index is 3810. The highest BCUT2D eigenvalue weighted by atomic mass is 31.2. The maximum absolute atomic E-state index is 14.4. The van der Waals surface area contributed by atoms with Gasteiger partial charge in [-0.3, -0.25) is 70.9 Å². The fourth-order valence-electron chi connectivity index (χ4n) is 13.4. The zero-order chi connectivity index (χ0) is 93.5. The first-order chi connectivity index (χ1) is 60.2. The number of imidazole rings is 1. The summed E-state index contributed by atoms with van der Waals surface area (Å²) in [5.74, 6) is -7.69.